The van der Waals surface area contributed by atoms with Crippen LogP contribution >= 0.6 is 0 Å². The van der Waals surface area contributed by atoms with Gasteiger partial charge in [0.05, 0.1) is 0 Å². The number of nitrogens with one attached hydrogen (secondary N) is 1. The zero-order chi connectivity index (χ0) is 14.4. The van der Waals surface area contributed by atoms with Gasteiger partial charge in [-0.3, -0.25) is 10.2 Å². The Hall–Kier alpha value is -0.650. The lowest BCUT2D eigenvalue weighted by atomic mass is 9.98. The number of likely N-dealkylation sites (tertiary alicyclic amines) is 2. The van der Waals surface area contributed by atoms with Crippen molar-refractivity contribution in [2.75, 3.05) is 26.2 Å². The van der Waals surface area contributed by atoms with Crippen molar-refractivity contribution in [3.05, 3.63) is 0 Å². The van der Waals surface area contributed by atoms with E-state index in [-0.39, 0.29) is 5.91 Å². The minimum absolute atomic E-state index is 0.0555. The van der Waals surface area contributed by atoms with Crippen molar-refractivity contribution >= 4 is 5.91 Å². The largest absolute Gasteiger partial charge is 0.301 e. The molecule has 0 bridgehead atoms. The Kier molecular flexibility index (Phi) is 6.26. The second kappa shape index (κ2) is 7.96. The lowest BCUT2D eigenvalue weighted by Crippen LogP contribution is -2.48. The number of hydrogen-bond acceptors (Lipinski definition) is 4. The predicted molar refractivity (Wildman–Crippen MR) is 81.0 cm³/mol. The van der Waals surface area contributed by atoms with Gasteiger partial charge in [-0.2, -0.15) is 0 Å². The smallest absolute Gasteiger partial charge is 0.233 e. The summed E-state index contributed by atoms with van der Waals surface area (Å²) in [6, 6.07) is 1.28. The van der Waals surface area contributed by atoms with Crippen LogP contribution < -0.4 is 11.3 Å². The summed E-state index contributed by atoms with van der Waals surface area (Å²) in [5, 5.41) is 0. The molecule has 5 nitrogen and oxygen atoms in total. The molecule has 1 amide bonds. The van der Waals surface area contributed by atoms with Gasteiger partial charge in [0.2, 0.25) is 5.91 Å². The topological polar surface area (TPSA) is 61.6 Å². The molecule has 20 heavy (non-hydrogen) atoms. The molecular formula is C15H30N4O. The average Bonchev–Trinajstić information content (AvgIpc) is 2.53. The normalized spacial score (nSPS) is 24.5. The number of carbonyl (C=O) groups excluding carboxylic acids is 1. The Morgan fingerprint density at radius 1 is 1.20 bits per heavy atom. The first kappa shape index (κ1) is 15.7. The number of hydrogen-bond donors (Lipinski definition) is 2. The van der Waals surface area contributed by atoms with Gasteiger partial charge in [-0.15, -0.1) is 0 Å². The van der Waals surface area contributed by atoms with Crippen LogP contribution in [0.2, 0.25) is 0 Å². The molecule has 0 saturated carbocycles. The Morgan fingerprint density at radius 2 is 1.85 bits per heavy atom. The van der Waals surface area contributed by atoms with E-state index in [1.165, 1.54) is 58.3 Å². The molecule has 3 N–H and O–H groups in total. The number of hydrazine groups is 1. The van der Waals surface area contributed by atoms with Gasteiger partial charge >= 0.3 is 0 Å². The molecule has 0 aromatic carbocycles. The quantitative estimate of drug-likeness (QED) is 0.450. The number of carbonyl (C=O) groups is 1. The molecular weight excluding hydrogens is 252 g/mol. The van der Waals surface area contributed by atoms with Crippen molar-refractivity contribution in [1.29, 1.82) is 0 Å². The van der Waals surface area contributed by atoms with Crippen LogP contribution in [0.3, 0.4) is 0 Å². The Morgan fingerprint density at radius 3 is 2.45 bits per heavy atom. The van der Waals surface area contributed by atoms with E-state index in [1.54, 1.807) is 0 Å². The molecule has 2 rings (SSSR count). The SMILES string of the molecule is CC(CCC(=O)NN)N1CCC(N2CCCCC2)CC1. The summed E-state index contributed by atoms with van der Waals surface area (Å²) in [6.45, 7) is 7.18. The number of nitrogens with two attached hydrogens (primary N) is 1. The molecule has 2 fully saturated rings. The highest BCUT2D eigenvalue weighted by Crippen LogP contribution is 2.22. The van der Waals surface area contributed by atoms with E-state index in [0.29, 0.717) is 12.5 Å². The standard InChI is InChI=1S/C15H30N4O/c1-13(5-6-15(20)17-16)18-11-7-14(8-12-18)19-9-3-2-4-10-19/h13-14H,2-12,16H2,1H3,(H,17,20). The van der Waals surface area contributed by atoms with Crippen molar-refractivity contribution in [1.82, 2.24) is 15.2 Å². The van der Waals surface area contributed by atoms with E-state index in [9.17, 15) is 4.79 Å². The fourth-order valence-electron chi connectivity index (χ4n) is 3.57. The Labute approximate surface area is 122 Å². The number of rotatable bonds is 5. The van der Waals surface area contributed by atoms with Crippen LogP contribution in [-0.4, -0.2) is 54.0 Å². The van der Waals surface area contributed by atoms with Gasteiger partial charge in [0, 0.05) is 18.5 Å². The third-order valence-corrected chi connectivity index (χ3v) is 4.98. The first-order valence-electron chi connectivity index (χ1n) is 8.18. The Bertz CT molecular complexity index is 296. The third-order valence-electron chi connectivity index (χ3n) is 4.98. The van der Waals surface area contributed by atoms with Gasteiger partial charge in [-0.05, 0) is 65.2 Å². The van der Waals surface area contributed by atoms with Crippen LogP contribution in [0.25, 0.3) is 0 Å². The van der Waals surface area contributed by atoms with Gasteiger partial charge in [0.1, 0.15) is 0 Å². The molecule has 1 unspecified atom stereocenters. The van der Waals surface area contributed by atoms with E-state index in [4.69, 9.17) is 5.84 Å². The van der Waals surface area contributed by atoms with Crippen LogP contribution in [-0.2, 0) is 4.79 Å². The summed E-state index contributed by atoms with van der Waals surface area (Å²) in [5.41, 5.74) is 2.21. The molecule has 1 atom stereocenters. The maximum absolute atomic E-state index is 11.2. The first-order valence-corrected chi connectivity index (χ1v) is 8.18. The second-order valence-electron chi connectivity index (χ2n) is 6.32. The van der Waals surface area contributed by atoms with Crippen molar-refractivity contribution in [2.45, 2.75) is 64.0 Å². The van der Waals surface area contributed by atoms with Gasteiger partial charge in [0.25, 0.3) is 0 Å². The summed E-state index contributed by atoms with van der Waals surface area (Å²) in [6.07, 6.45) is 8.17. The van der Waals surface area contributed by atoms with Crippen molar-refractivity contribution < 1.29 is 4.79 Å². The molecule has 0 spiro atoms. The van der Waals surface area contributed by atoms with Crippen molar-refractivity contribution in [3.8, 4) is 0 Å². The first-order chi connectivity index (χ1) is 9.70. The van der Waals surface area contributed by atoms with Gasteiger partial charge in [0.15, 0.2) is 0 Å². The van der Waals surface area contributed by atoms with Gasteiger partial charge in [-0.25, -0.2) is 5.84 Å². The summed E-state index contributed by atoms with van der Waals surface area (Å²) in [5.74, 6) is 5.06. The number of amides is 1. The van der Waals surface area contributed by atoms with Gasteiger partial charge < -0.3 is 9.80 Å². The monoisotopic (exact) mass is 282 g/mol. The van der Waals surface area contributed by atoms with Crippen LogP contribution in [0.1, 0.15) is 51.9 Å². The van der Waals surface area contributed by atoms with E-state index < -0.39 is 0 Å². The number of nitrogens with zero attached hydrogens (tertiary/aromatic N) is 2. The van der Waals surface area contributed by atoms with E-state index in [1.807, 2.05) is 0 Å². The summed E-state index contributed by atoms with van der Waals surface area (Å²) in [4.78, 5) is 16.4. The number of piperidine rings is 2. The highest BCUT2D eigenvalue weighted by Gasteiger charge is 2.27. The summed E-state index contributed by atoms with van der Waals surface area (Å²) >= 11 is 0. The van der Waals surface area contributed by atoms with Gasteiger partial charge in [-0.1, -0.05) is 6.42 Å². The lowest BCUT2D eigenvalue weighted by molar-refractivity contribution is -0.121. The minimum atomic E-state index is -0.0555. The maximum atomic E-state index is 11.2. The maximum Gasteiger partial charge on any atom is 0.233 e. The molecule has 0 radical (unpaired) electrons. The fourth-order valence-corrected chi connectivity index (χ4v) is 3.57. The van der Waals surface area contributed by atoms with Crippen LogP contribution in [0.4, 0.5) is 0 Å². The van der Waals surface area contributed by atoms with Crippen molar-refractivity contribution in [2.24, 2.45) is 5.84 Å². The second-order valence-corrected chi connectivity index (χ2v) is 6.32. The summed E-state index contributed by atoms with van der Waals surface area (Å²) in [7, 11) is 0. The van der Waals surface area contributed by atoms with Crippen LogP contribution in [0, 0.1) is 0 Å². The molecule has 5 heteroatoms. The average molecular weight is 282 g/mol. The molecule has 0 aromatic heterocycles. The fraction of sp³-hybridized carbons (Fsp3) is 0.933. The molecule has 2 heterocycles. The molecule has 2 aliphatic rings. The minimum Gasteiger partial charge on any atom is -0.301 e. The molecule has 2 saturated heterocycles. The highest BCUT2D eigenvalue weighted by molar-refractivity contribution is 5.75. The molecule has 116 valence electrons. The molecule has 2 aliphatic heterocycles. The third kappa shape index (κ3) is 4.43. The van der Waals surface area contributed by atoms with E-state index >= 15 is 0 Å². The lowest BCUT2D eigenvalue weighted by Gasteiger charge is -2.42. The Balaban J connectivity index is 1.68. The molecule has 0 aromatic rings. The van der Waals surface area contributed by atoms with E-state index in [0.717, 1.165) is 12.5 Å². The van der Waals surface area contributed by atoms with E-state index in [2.05, 4.69) is 22.1 Å². The van der Waals surface area contributed by atoms with Crippen LogP contribution in [0.5, 0.6) is 0 Å². The zero-order valence-corrected chi connectivity index (χ0v) is 12.8. The zero-order valence-electron chi connectivity index (χ0n) is 12.8. The highest BCUT2D eigenvalue weighted by atomic mass is 16.2. The van der Waals surface area contributed by atoms with Crippen LogP contribution in [0.15, 0.2) is 0 Å². The molecule has 0 aliphatic carbocycles. The predicted octanol–water partition coefficient (Wildman–Crippen LogP) is 1.10. The summed E-state index contributed by atoms with van der Waals surface area (Å²) < 4.78 is 0. The van der Waals surface area contributed by atoms with Crippen molar-refractivity contribution in [3.63, 3.8) is 0 Å².